The largest absolute Gasteiger partial charge is 0.497 e. The second-order valence-corrected chi connectivity index (χ2v) is 3.74. The minimum absolute atomic E-state index is 0.0802. The summed E-state index contributed by atoms with van der Waals surface area (Å²) in [6, 6.07) is 5.69. The Balaban J connectivity index is 2.66. The smallest absolute Gasteiger partial charge is 0.134 e. The Bertz CT molecular complexity index is 486. The maximum Gasteiger partial charge on any atom is 0.134 e. The molecule has 3 heteroatoms. The number of furan rings is 1. The molecular formula is C12H15NO2. The number of rotatable bonds is 2. The first-order chi connectivity index (χ1) is 7.13. The van der Waals surface area contributed by atoms with Crippen LogP contribution in [0, 0.1) is 6.92 Å². The van der Waals surface area contributed by atoms with Crippen LogP contribution in [0.1, 0.15) is 24.3 Å². The molecule has 1 unspecified atom stereocenters. The predicted octanol–water partition coefficient (Wildman–Crippen LogP) is 2.77. The van der Waals surface area contributed by atoms with E-state index in [1.54, 1.807) is 7.11 Å². The predicted molar refractivity (Wildman–Crippen MR) is 60.1 cm³/mol. The molecule has 2 N–H and O–H groups in total. The van der Waals surface area contributed by atoms with E-state index in [0.29, 0.717) is 0 Å². The molecule has 0 spiro atoms. The van der Waals surface area contributed by atoms with E-state index in [2.05, 4.69) is 0 Å². The standard InChI is InChI=1S/C12H15NO2/c1-7-10-6-9(14-3)4-5-11(10)15-12(7)8(2)13/h4-6,8H,13H2,1-3H3. The van der Waals surface area contributed by atoms with Crippen molar-refractivity contribution in [3.63, 3.8) is 0 Å². The number of benzene rings is 1. The molecule has 0 aliphatic heterocycles. The molecule has 2 aromatic rings. The van der Waals surface area contributed by atoms with Gasteiger partial charge in [-0.3, -0.25) is 0 Å². The summed E-state index contributed by atoms with van der Waals surface area (Å²) >= 11 is 0. The number of aryl methyl sites for hydroxylation is 1. The van der Waals surface area contributed by atoms with Crippen LogP contribution in [-0.2, 0) is 0 Å². The summed E-state index contributed by atoms with van der Waals surface area (Å²) in [5, 5.41) is 1.07. The number of fused-ring (bicyclic) bond motifs is 1. The summed E-state index contributed by atoms with van der Waals surface area (Å²) in [5.41, 5.74) is 7.78. The highest BCUT2D eigenvalue weighted by atomic mass is 16.5. The molecule has 0 saturated heterocycles. The lowest BCUT2D eigenvalue weighted by atomic mass is 10.1. The third-order valence-electron chi connectivity index (χ3n) is 2.59. The SMILES string of the molecule is COc1ccc2oc(C(C)N)c(C)c2c1. The molecule has 0 aliphatic carbocycles. The van der Waals surface area contributed by atoms with Crippen LogP contribution in [0.5, 0.6) is 5.75 Å². The van der Waals surface area contributed by atoms with E-state index >= 15 is 0 Å². The molecule has 1 aromatic carbocycles. The fourth-order valence-corrected chi connectivity index (χ4v) is 1.78. The molecule has 0 fully saturated rings. The fraction of sp³-hybridized carbons (Fsp3) is 0.333. The number of methoxy groups -OCH3 is 1. The van der Waals surface area contributed by atoms with Gasteiger partial charge in [-0.15, -0.1) is 0 Å². The van der Waals surface area contributed by atoms with E-state index in [4.69, 9.17) is 14.9 Å². The second-order valence-electron chi connectivity index (χ2n) is 3.74. The topological polar surface area (TPSA) is 48.4 Å². The summed E-state index contributed by atoms with van der Waals surface area (Å²) in [6.45, 7) is 3.94. The molecule has 0 amide bonds. The van der Waals surface area contributed by atoms with Gasteiger partial charge >= 0.3 is 0 Å². The quantitative estimate of drug-likeness (QED) is 0.820. The monoisotopic (exact) mass is 205 g/mol. The van der Waals surface area contributed by atoms with Crippen molar-refractivity contribution < 1.29 is 9.15 Å². The Kier molecular flexibility index (Phi) is 2.40. The third-order valence-corrected chi connectivity index (χ3v) is 2.59. The van der Waals surface area contributed by atoms with Gasteiger partial charge in [0.2, 0.25) is 0 Å². The molecule has 80 valence electrons. The van der Waals surface area contributed by atoms with E-state index in [1.807, 2.05) is 32.0 Å². The fourth-order valence-electron chi connectivity index (χ4n) is 1.78. The van der Waals surface area contributed by atoms with E-state index in [1.165, 1.54) is 0 Å². The van der Waals surface area contributed by atoms with Gasteiger partial charge < -0.3 is 14.9 Å². The van der Waals surface area contributed by atoms with Crippen molar-refractivity contribution in [3.8, 4) is 5.75 Å². The number of ether oxygens (including phenoxy) is 1. The molecular weight excluding hydrogens is 190 g/mol. The summed E-state index contributed by atoms with van der Waals surface area (Å²) in [7, 11) is 1.66. The van der Waals surface area contributed by atoms with Crippen LogP contribution in [0.3, 0.4) is 0 Å². The Morgan fingerprint density at radius 1 is 1.40 bits per heavy atom. The van der Waals surface area contributed by atoms with Crippen LogP contribution in [-0.4, -0.2) is 7.11 Å². The normalized spacial score (nSPS) is 13.1. The van der Waals surface area contributed by atoms with E-state index in [9.17, 15) is 0 Å². The maximum absolute atomic E-state index is 5.82. The minimum atomic E-state index is -0.0802. The minimum Gasteiger partial charge on any atom is -0.497 e. The highest BCUT2D eigenvalue weighted by Crippen LogP contribution is 2.30. The zero-order valence-electron chi connectivity index (χ0n) is 9.20. The lowest BCUT2D eigenvalue weighted by molar-refractivity contribution is 0.415. The molecule has 1 heterocycles. The molecule has 1 aromatic heterocycles. The molecule has 15 heavy (non-hydrogen) atoms. The van der Waals surface area contributed by atoms with Gasteiger partial charge in [0.15, 0.2) is 0 Å². The first kappa shape index (κ1) is 10.1. The van der Waals surface area contributed by atoms with E-state index in [0.717, 1.165) is 28.0 Å². The second kappa shape index (κ2) is 3.59. The van der Waals surface area contributed by atoms with Gasteiger partial charge in [0, 0.05) is 10.9 Å². The Morgan fingerprint density at radius 3 is 2.73 bits per heavy atom. The van der Waals surface area contributed by atoms with Crippen LogP contribution < -0.4 is 10.5 Å². The van der Waals surface area contributed by atoms with Crippen LogP contribution in [0.2, 0.25) is 0 Å². The van der Waals surface area contributed by atoms with Crippen molar-refractivity contribution in [1.82, 2.24) is 0 Å². The molecule has 0 radical (unpaired) electrons. The molecule has 0 bridgehead atoms. The highest BCUT2D eigenvalue weighted by molar-refractivity contribution is 5.83. The van der Waals surface area contributed by atoms with Crippen molar-refractivity contribution in [2.75, 3.05) is 7.11 Å². The maximum atomic E-state index is 5.82. The van der Waals surface area contributed by atoms with Crippen LogP contribution in [0.15, 0.2) is 22.6 Å². The van der Waals surface area contributed by atoms with Crippen molar-refractivity contribution in [1.29, 1.82) is 0 Å². The Hall–Kier alpha value is -1.48. The number of hydrogen-bond donors (Lipinski definition) is 1. The van der Waals surface area contributed by atoms with Gasteiger partial charge in [0.1, 0.15) is 17.1 Å². The Morgan fingerprint density at radius 2 is 2.13 bits per heavy atom. The summed E-state index contributed by atoms with van der Waals surface area (Å²) in [4.78, 5) is 0. The van der Waals surface area contributed by atoms with Crippen molar-refractivity contribution in [2.45, 2.75) is 19.9 Å². The van der Waals surface area contributed by atoms with Gasteiger partial charge in [-0.2, -0.15) is 0 Å². The summed E-state index contributed by atoms with van der Waals surface area (Å²) in [5.74, 6) is 1.68. The highest BCUT2D eigenvalue weighted by Gasteiger charge is 2.13. The molecule has 1 atom stereocenters. The van der Waals surface area contributed by atoms with Gasteiger partial charge in [-0.1, -0.05) is 0 Å². The van der Waals surface area contributed by atoms with Gasteiger partial charge in [-0.05, 0) is 32.0 Å². The van der Waals surface area contributed by atoms with E-state index in [-0.39, 0.29) is 6.04 Å². The Labute approximate surface area is 88.8 Å². The van der Waals surface area contributed by atoms with Crippen LogP contribution >= 0.6 is 0 Å². The van der Waals surface area contributed by atoms with E-state index < -0.39 is 0 Å². The number of hydrogen-bond acceptors (Lipinski definition) is 3. The zero-order chi connectivity index (χ0) is 11.0. The lowest BCUT2D eigenvalue weighted by Gasteiger charge is -2.00. The van der Waals surface area contributed by atoms with Crippen LogP contribution in [0.4, 0.5) is 0 Å². The first-order valence-corrected chi connectivity index (χ1v) is 4.96. The first-order valence-electron chi connectivity index (χ1n) is 4.96. The molecule has 0 saturated carbocycles. The molecule has 2 rings (SSSR count). The molecule has 3 nitrogen and oxygen atoms in total. The summed E-state index contributed by atoms with van der Waals surface area (Å²) in [6.07, 6.45) is 0. The summed E-state index contributed by atoms with van der Waals surface area (Å²) < 4.78 is 10.9. The van der Waals surface area contributed by atoms with Gasteiger partial charge in [-0.25, -0.2) is 0 Å². The van der Waals surface area contributed by atoms with Gasteiger partial charge in [0.05, 0.1) is 13.2 Å². The number of nitrogens with two attached hydrogens (primary N) is 1. The van der Waals surface area contributed by atoms with Crippen molar-refractivity contribution in [3.05, 3.63) is 29.5 Å². The van der Waals surface area contributed by atoms with Crippen molar-refractivity contribution in [2.24, 2.45) is 5.73 Å². The lowest BCUT2D eigenvalue weighted by Crippen LogP contribution is -2.04. The van der Waals surface area contributed by atoms with Crippen molar-refractivity contribution >= 4 is 11.0 Å². The average molecular weight is 205 g/mol. The van der Waals surface area contributed by atoms with Gasteiger partial charge in [0.25, 0.3) is 0 Å². The third kappa shape index (κ3) is 1.59. The molecule has 0 aliphatic rings. The van der Waals surface area contributed by atoms with Crippen LogP contribution in [0.25, 0.3) is 11.0 Å². The average Bonchev–Trinajstić information content (AvgIpc) is 2.56. The zero-order valence-corrected chi connectivity index (χ0v) is 9.20.